The zero-order valence-electron chi connectivity index (χ0n) is 12.5. The predicted octanol–water partition coefficient (Wildman–Crippen LogP) is 3.00. The van der Waals surface area contributed by atoms with Gasteiger partial charge in [-0.1, -0.05) is 26.8 Å². The fraction of sp³-hybridized carbons (Fsp3) is 0.647. The fourth-order valence-electron chi connectivity index (χ4n) is 3.32. The molecule has 1 aliphatic carbocycles. The van der Waals surface area contributed by atoms with Gasteiger partial charge in [0.05, 0.1) is 0 Å². The SMILES string of the molecule is CC(C)(C)C1CN(c2ccc3c(c2)CCC3)CCN1. The predicted molar refractivity (Wildman–Crippen MR) is 81.9 cm³/mol. The van der Waals surface area contributed by atoms with Gasteiger partial charge in [-0.3, -0.25) is 0 Å². The third-order valence-electron chi connectivity index (χ3n) is 4.67. The summed E-state index contributed by atoms with van der Waals surface area (Å²) in [5.74, 6) is 0. The van der Waals surface area contributed by atoms with Gasteiger partial charge in [0.15, 0.2) is 0 Å². The maximum atomic E-state index is 3.67. The lowest BCUT2D eigenvalue weighted by Crippen LogP contribution is -2.56. The van der Waals surface area contributed by atoms with E-state index in [1.54, 1.807) is 11.1 Å². The molecule has 1 atom stereocenters. The quantitative estimate of drug-likeness (QED) is 0.833. The smallest absolute Gasteiger partial charge is 0.0370 e. The number of rotatable bonds is 1. The molecule has 1 unspecified atom stereocenters. The highest BCUT2D eigenvalue weighted by atomic mass is 15.2. The maximum Gasteiger partial charge on any atom is 0.0370 e. The van der Waals surface area contributed by atoms with Gasteiger partial charge in [0.1, 0.15) is 0 Å². The topological polar surface area (TPSA) is 15.3 Å². The van der Waals surface area contributed by atoms with Crippen LogP contribution in [-0.2, 0) is 12.8 Å². The monoisotopic (exact) mass is 258 g/mol. The van der Waals surface area contributed by atoms with Gasteiger partial charge in [-0.15, -0.1) is 0 Å². The third kappa shape index (κ3) is 2.64. The van der Waals surface area contributed by atoms with Crippen LogP contribution < -0.4 is 10.2 Å². The van der Waals surface area contributed by atoms with Gasteiger partial charge >= 0.3 is 0 Å². The minimum absolute atomic E-state index is 0.329. The molecule has 2 aliphatic rings. The molecule has 1 aliphatic heterocycles. The largest absolute Gasteiger partial charge is 0.369 e. The molecule has 1 aromatic carbocycles. The first-order chi connectivity index (χ1) is 9.04. The molecule has 1 heterocycles. The third-order valence-corrected chi connectivity index (χ3v) is 4.67. The van der Waals surface area contributed by atoms with Crippen molar-refractivity contribution in [3.63, 3.8) is 0 Å². The number of benzene rings is 1. The highest BCUT2D eigenvalue weighted by Gasteiger charge is 2.29. The van der Waals surface area contributed by atoms with Crippen molar-refractivity contribution in [2.45, 2.75) is 46.1 Å². The van der Waals surface area contributed by atoms with Crippen molar-refractivity contribution < 1.29 is 0 Å². The molecule has 1 N–H and O–H groups in total. The Kier molecular flexibility index (Phi) is 3.30. The van der Waals surface area contributed by atoms with Crippen LogP contribution in [-0.4, -0.2) is 25.7 Å². The van der Waals surface area contributed by atoms with Gasteiger partial charge in [0, 0.05) is 31.4 Å². The van der Waals surface area contributed by atoms with Crippen LogP contribution in [0.15, 0.2) is 18.2 Å². The molecular weight excluding hydrogens is 232 g/mol. The molecule has 2 heteroatoms. The Labute approximate surface area is 117 Å². The first kappa shape index (κ1) is 13.0. The van der Waals surface area contributed by atoms with Crippen LogP contribution in [0, 0.1) is 5.41 Å². The number of piperazine rings is 1. The van der Waals surface area contributed by atoms with Crippen LogP contribution in [0.3, 0.4) is 0 Å². The van der Waals surface area contributed by atoms with Crippen molar-refractivity contribution in [1.82, 2.24) is 5.32 Å². The summed E-state index contributed by atoms with van der Waals surface area (Å²) in [6, 6.07) is 7.70. The Hall–Kier alpha value is -1.02. The van der Waals surface area contributed by atoms with Gasteiger partial charge in [-0.2, -0.15) is 0 Å². The van der Waals surface area contributed by atoms with Crippen molar-refractivity contribution in [3.8, 4) is 0 Å². The second kappa shape index (κ2) is 4.82. The van der Waals surface area contributed by atoms with Crippen LogP contribution >= 0.6 is 0 Å². The van der Waals surface area contributed by atoms with Crippen LogP contribution in [0.25, 0.3) is 0 Å². The molecule has 0 saturated carbocycles. The Morgan fingerprint density at radius 1 is 1.16 bits per heavy atom. The molecule has 0 aromatic heterocycles. The van der Waals surface area contributed by atoms with Crippen LogP contribution in [0.2, 0.25) is 0 Å². The molecule has 0 amide bonds. The van der Waals surface area contributed by atoms with Crippen LogP contribution in [0.4, 0.5) is 5.69 Å². The second-order valence-corrected chi connectivity index (χ2v) is 7.13. The number of hydrogen-bond acceptors (Lipinski definition) is 2. The molecule has 0 radical (unpaired) electrons. The number of hydrogen-bond donors (Lipinski definition) is 1. The molecular formula is C17H26N2. The lowest BCUT2D eigenvalue weighted by atomic mass is 9.85. The highest BCUT2D eigenvalue weighted by Crippen LogP contribution is 2.29. The normalized spacial score (nSPS) is 23.5. The molecule has 2 nitrogen and oxygen atoms in total. The lowest BCUT2D eigenvalue weighted by Gasteiger charge is -2.41. The molecule has 104 valence electrons. The van der Waals surface area contributed by atoms with Crippen molar-refractivity contribution in [2.24, 2.45) is 5.41 Å². The Bertz CT molecular complexity index is 459. The van der Waals surface area contributed by atoms with Gasteiger partial charge < -0.3 is 10.2 Å². The summed E-state index contributed by atoms with van der Waals surface area (Å²) < 4.78 is 0. The van der Waals surface area contributed by atoms with E-state index in [0.717, 1.165) is 19.6 Å². The summed E-state index contributed by atoms with van der Waals surface area (Å²) in [6.45, 7) is 10.3. The summed E-state index contributed by atoms with van der Waals surface area (Å²) >= 11 is 0. The molecule has 3 rings (SSSR count). The fourth-order valence-corrected chi connectivity index (χ4v) is 3.32. The van der Waals surface area contributed by atoms with E-state index in [0.29, 0.717) is 11.5 Å². The van der Waals surface area contributed by atoms with E-state index in [9.17, 15) is 0 Å². The van der Waals surface area contributed by atoms with E-state index in [1.165, 1.54) is 24.9 Å². The van der Waals surface area contributed by atoms with E-state index >= 15 is 0 Å². The average Bonchev–Trinajstić information content (AvgIpc) is 2.85. The molecule has 1 saturated heterocycles. The van der Waals surface area contributed by atoms with E-state index < -0.39 is 0 Å². The number of fused-ring (bicyclic) bond motifs is 1. The summed E-state index contributed by atoms with van der Waals surface area (Å²) in [5, 5.41) is 3.67. The number of nitrogens with zero attached hydrogens (tertiary/aromatic N) is 1. The molecule has 0 spiro atoms. The first-order valence-corrected chi connectivity index (χ1v) is 7.64. The van der Waals surface area contributed by atoms with Crippen LogP contribution in [0.5, 0.6) is 0 Å². The van der Waals surface area contributed by atoms with Gasteiger partial charge in [0.2, 0.25) is 0 Å². The molecule has 1 aromatic rings. The van der Waals surface area contributed by atoms with E-state index in [-0.39, 0.29) is 0 Å². The average molecular weight is 258 g/mol. The summed E-state index contributed by atoms with van der Waals surface area (Å²) in [5.41, 5.74) is 4.92. The second-order valence-electron chi connectivity index (χ2n) is 7.13. The molecule has 0 bridgehead atoms. The molecule has 19 heavy (non-hydrogen) atoms. The summed E-state index contributed by atoms with van der Waals surface area (Å²) in [4.78, 5) is 2.56. The van der Waals surface area contributed by atoms with Gasteiger partial charge in [-0.25, -0.2) is 0 Å². The van der Waals surface area contributed by atoms with Crippen molar-refractivity contribution in [3.05, 3.63) is 29.3 Å². The number of anilines is 1. The van der Waals surface area contributed by atoms with Crippen LogP contribution in [0.1, 0.15) is 38.3 Å². The van der Waals surface area contributed by atoms with Crippen molar-refractivity contribution in [1.29, 1.82) is 0 Å². The lowest BCUT2D eigenvalue weighted by molar-refractivity contribution is 0.254. The Morgan fingerprint density at radius 2 is 1.95 bits per heavy atom. The number of aryl methyl sites for hydroxylation is 2. The van der Waals surface area contributed by atoms with E-state index in [4.69, 9.17) is 0 Å². The minimum Gasteiger partial charge on any atom is -0.369 e. The van der Waals surface area contributed by atoms with E-state index in [2.05, 4.69) is 49.2 Å². The maximum absolute atomic E-state index is 3.67. The van der Waals surface area contributed by atoms with Gasteiger partial charge in [-0.05, 0) is 47.9 Å². The van der Waals surface area contributed by atoms with E-state index in [1.807, 2.05) is 0 Å². The zero-order chi connectivity index (χ0) is 13.5. The van der Waals surface area contributed by atoms with Crippen molar-refractivity contribution in [2.75, 3.05) is 24.5 Å². The Morgan fingerprint density at radius 3 is 2.74 bits per heavy atom. The molecule has 1 fully saturated rings. The van der Waals surface area contributed by atoms with Crippen molar-refractivity contribution >= 4 is 5.69 Å². The first-order valence-electron chi connectivity index (χ1n) is 7.64. The summed E-state index contributed by atoms with van der Waals surface area (Å²) in [7, 11) is 0. The standard InChI is InChI=1S/C17H26N2/c1-17(2,3)16-12-19(10-9-18-16)15-8-7-13-5-4-6-14(13)11-15/h7-8,11,16,18H,4-6,9-10,12H2,1-3H3. The zero-order valence-corrected chi connectivity index (χ0v) is 12.5. The Balaban J connectivity index is 1.78. The minimum atomic E-state index is 0.329. The van der Waals surface area contributed by atoms with Gasteiger partial charge in [0.25, 0.3) is 0 Å². The summed E-state index contributed by atoms with van der Waals surface area (Å²) in [6.07, 6.45) is 3.89. The highest BCUT2D eigenvalue weighted by molar-refractivity contribution is 5.52. The number of nitrogens with one attached hydrogen (secondary N) is 1.